The van der Waals surface area contributed by atoms with Gasteiger partial charge in [-0.1, -0.05) is 6.92 Å². The highest BCUT2D eigenvalue weighted by Gasteiger charge is 2.09. The van der Waals surface area contributed by atoms with Gasteiger partial charge in [-0.05, 0) is 24.8 Å². The molecule has 0 aliphatic carbocycles. The zero-order valence-electron chi connectivity index (χ0n) is 12.0. The van der Waals surface area contributed by atoms with E-state index in [2.05, 4.69) is 32.5 Å². The van der Waals surface area contributed by atoms with E-state index in [4.69, 9.17) is 4.42 Å². The summed E-state index contributed by atoms with van der Waals surface area (Å²) in [6.45, 7) is 5.35. The van der Waals surface area contributed by atoms with E-state index in [0.29, 0.717) is 18.4 Å². The molecule has 0 fully saturated rings. The first-order valence-corrected chi connectivity index (χ1v) is 7.78. The fraction of sp³-hybridized carbons (Fsp3) is 0.357. The lowest BCUT2D eigenvalue weighted by atomic mass is 10.3. The van der Waals surface area contributed by atoms with Gasteiger partial charge in [-0.15, -0.1) is 11.3 Å². The molecule has 0 saturated carbocycles. The van der Waals surface area contributed by atoms with Gasteiger partial charge in [0.2, 0.25) is 11.8 Å². The van der Waals surface area contributed by atoms with Crippen LogP contribution in [0, 0.1) is 6.92 Å². The van der Waals surface area contributed by atoms with Crippen LogP contribution >= 0.6 is 11.3 Å². The molecule has 0 aliphatic rings. The first-order chi connectivity index (χ1) is 10.3. The van der Waals surface area contributed by atoms with Crippen LogP contribution in [-0.4, -0.2) is 21.5 Å². The minimum atomic E-state index is 0.503. The summed E-state index contributed by atoms with van der Waals surface area (Å²) in [6, 6.07) is 2.02. The molecule has 0 saturated heterocycles. The predicted molar refractivity (Wildman–Crippen MR) is 84.8 cm³/mol. The summed E-state index contributed by atoms with van der Waals surface area (Å²) < 4.78 is 5.46. The van der Waals surface area contributed by atoms with Crippen LogP contribution < -0.4 is 10.6 Å². The molecular weight excluding hydrogens is 286 g/mol. The maximum Gasteiger partial charge on any atom is 0.226 e. The standard InChI is InChI=1S/C14H17N5OS/c1-3-5-15-14-18-12(10-4-6-21-13(10)19-14)17-8-11-16-7-9(2)20-11/h4,6-7H,3,5,8H2,1-2H3,(H2,15,17,18,19). The third-order valence-electron chi connectivity index (χ3n) is 2.93. The van der Waals surface area contributed by atoms with Gasteiger partial charge in [-0.2, -0.15) is 4.98 Å². The number of aryl methyl sites for hydroxylation is 1. The molecule has 3 aromatic rings. The molecule has 110 valence electrons. The summed E-state index contributed by atoms with van der Waals surface area (Å²) in [5, 5.41) is 9.54. The molecule has 0 amide bonds. The first-order valence-electron chi connectivity index (χ1n) is 6.90. The molecule has 3 rings (SSSR count). The second-order valence-corrected chi connectivity index (χ2v) is 5.57. The number of fused-ring (bicyclic) bond motifs is 1. The quantitative estimate of drug-likeness (QED) is 0.726. The van der Waals surface area contributed by atoms with Gasteiger partial charge < -0.3 is 15.1 Å². The van der Waals surface area contributed by atoms with Gasteiger partial charge in [0, 0.05) is 6.54 Å². The SMILES string of the molecule is CCCNc1nc(NCc2ncc(C)o2)c2ccsc2n1. The number of thiophene rings is 1. The Hall–Kier alpha value is -2.15. The van der Waals surface area contributed by atoms with Gasteiger partial charge in [0.05, 0.1) is 18.1 Å². The lowest BCUT2D eigenvalue weighted by Crippen LogP contribution is -2.08. The number of nitrogens with one attached hydrogen (secondary N) is 2. The Kier molecular flexibility index (Phi) is 4.01. The summed E-state index contributed by atoms with van der Waals surface area (Å²) >= 11 is 1.60. The minimum absolute atomic E-state index is 0.503. The largest absolute Gasteiger partial charge is 0.444 e. The second kappa shape index (κ2) is 6.09. The smallest absolute Gasteiger partial charge is 0.226 e. The molecule has 21 heavy (non-hydrogen) atoms. The highest BCUT2D eigenvalue weighted by atomic mass is 32.1. The molecule has 3 heterocycles. The van der Waals surface area contributed by atoms with Crippen molar-refractivity contribution in [2.75, 3.05) is 17.2 Å². The highest BCUT2D eigenvalue weighted by molar-refractivity contribution is 7.16. The van der Waals surface area contributed by atoms with E-state index in [9.17, 15) is 0 Å². The monoisotopic (exact) mass is 303 g/mol. The van der Waals surface area contributed by atoms with Crippen LogP contribution in [0.3, 0.4) is 0 Å². The average Bonchev–Trinajstić information content (AvgIpc) is 3.11. The van der Waals surface area contributed by atoms with E-state index in [-0.39, 0.29) is 0 Å². The van der Waals surface area contributed by atoms with Crippen LogP contribution in [0.5, 0.6) is 0 Å². The lowest BCUT2D eigenvalue weighted by molar-refractivity contribution is 0.479. The highest BCUT2D eigenvalue weighted by Crippen LogP contribution is 2.26. The van der Waals surface area contributed by atoms with Gasteiger partial charge in [-0.3, -0.25) is 0 Å². The zero-order chi connectivity index (χ0) is 14.7. The Labute approximate surface area is 126 Å². The average molecular weight is 303 g/mol. The molecule has 0 radical (unpaired) electrons. The summed E-state index contributed by atoms with van der Waals surface area (Å²) in [5.41, 5.74) is 0. The molecule has 0 atom stereocenters. The molecule has 7 heteroatoms. The summed E-state index contributed by atoms with van der Waals surface area (Å²) in [6.07, 6.45) is 2.75. The summed E-state index contributed by atoms with van der Waals surface area (Å²) in [5.74, 6) is 2.91. The zero-order valence-corrected chi connectivity index (χ0v) is 12.8. The van der Waals surface area contributed by atoms with Crippen molar-refractivity contribution in [3.8, 4) is 0 Å². The predicted octanol–water partition coefficient (Wildman–Crippen LogP) is 3.42. The Morgan fingerprint density at radius 3 is 2.95 bits per heavy atom. The fourth-order valence-electron chi connectivity index (χ4n) is 1.95. The molecule has 0 spiro atoms. The van der Waals surface area contributed by atoms with Crippen molar-refractivity contribution in [3.05, 3.63) is 29.3 Å². The van der Waals surface area contributed by atoms with E-state index in [1.54, 1.807) is 17.5 Å². The topological polar surface area (TPSA) is 75.9 Å². The fourth-order valence-corrected chi connectivity index (χ4v) is 2.71. The Morgan fingerprint density at radius 2 is 2.19 bits per heavy atom. The summed E-state index contributed by atoms with van der Waals surface area (Å²) in [7, 11) is 0. The van der Waals surface area contributed by atoms with Crippen LogP contribution in [0.4, 0.5) is 11.8 Å². The number of rotatable bonds is 6. The first kappa shape index (κ1) is 13.8. The van der Waals surface area contributed by atoms with Gasteiger partial charge in [0.1, 0.15) is 16.4 Å². The lowest BCUT2D eigenvalue weighted by Gasteiger charge is -2.08. The van der Waals surface area contributed by atoms with Crippen LogP contribution in [0.2, 0.25) is 0 Å². The maximum absolute atomic E-state index is 5.46. The van der Waals surface area contributed by atoms with Crippen molar-refractivity contribution in [3.63, 3.8) is 0 Å². The van der Waals surface area contributed by atoms with E-state index < -0.39 is 0 Å². The molecule has 6 nitrogen and oxygen atoms in total. The molecule has 0 aromatic carbocycles. The number of aromatic nitrogens is 3. The number of hydrogen-bond donors (Lipinski definition) is 2. The third kappa shape index (κ3) is 3.13. The van der Waals surface area contributed by atoms with Crippen molar-refractivity contribution < 1.29 is 4.42 Å². The molecular formula is C14H17N5OS. The van der Waals surface area contributed by atoms with Crippen molar-refractivity contribution in [1.82, 2.24) is 15.0 Å². The Balaban J connectivity index is 1.83. The third-order valence-corrected chi connectivity index (χ3v) is 3.74. The van der Waals surface area contributed by atoms with Crippen molar-refractivity contribution in [2.45, 2.75) is 26.8 Å². The van der Waals surface area contributed by atoms with Gasteiger partial charge in [-0.25, -0.2) is 9.97 Å². The van der Waals surface area contributed by atoms with Crippen LogP contribution in [-0.2, 0) is 6.54 Å². The van der Waals surface area contributed by atoms with Gasteiger partial charge in [0.25, 0.3) is 0 Å². The second-order valence-electron chi connectivity index (χ2n) is 4.68. The molecule has 0 aliphatic heterocycles. The van der Waals surface area contributed by atoms with Crippen molar-refractivity contribution in [2.24, 2.45) is 0 Å². The van der Waals surface area contributed by atoms with Crippen LogP contribution in [0.1, 0.15) is 25.0 Å². The molecule has 0 bridgehead atoms. The minimum Gasteiger partial charge on any atom is -0.444 e. The number of nitrogens with zero attached hydrogens (tertiary/aromatic N) is 3. The Bertz CT molecular complexity index is 736. The van der Waals surface area contributed by atoms with Crippen molar-refractivity contribution in [1.29, 1.82) is 0 Å². The maximum atomic E-state index is 5.46. The van der Waals surface area contributed by atoms with E-state index in [1.807, 2.05) is 18.4 Å². The number of anilines is 2. The van der Waals surface area contributed by atoms with E-state index in [0.717, 1.165) is 34.8 Å². The normalized spacial score (nSPS) is 11.0. The molecule has 2 N–H and O–H groups in total. The van der Waals surface area contributed by atoms with E-state index >= 15 is 0 Å². The Morgan fingerprint density at radius 1 is 1.29 bits per heavy atom. The van der Waals surface area contributed by atoms with Gasteiger partial charge in [0.15, 0.2) is 0 Å². The van der Waals surface area contributed by atoms with Crippen LogP contribution in [0.15, 0.2) is 22.1 Å². The molecule has 0 unspecified atom stereocenters. The van der Waals surface area contributed by atoms with Gasteiger partial charge >= 0.3 is 0 Å². The van der Waals surface area contributed by atoms with Crippen LogP contribution in [0.25, 0.3) is 10.2 Å². The number of hydrogen-bond acceptors (Lipinski definition) is 7. The van der Waals surface area contributed by atoms with Crippen molar-refractivity contribution >= 4 is 33.3 Å². The molecule has 3 aromatic heterocycles. The summed E-state index contributed by atoms with van der Waals surface area (Å²) in [4.78, 5) is 14.2. The number of oxazole rings is 1. The van der Waals surface area contributed by atoms with E-state index in [1.165, 1.54) is 0 Å².